The van der Waals surface area contributed by atoms with Gasteiger partial charge < -0.3 is 10.4 Å². The number of anilines is 1. The molecule has 0 saturated heterocycles. The highest BCUT2D eigenvalue weighted by Gasteiger charge is 1.99. The fraction of sp³-hybridized carbons (Fsp3) is 0.0667. The van der Waals surface area contributed by atoms with Crippen molar-refractivity contribution in [2.75, 3.05) is 5.32 Å². The number of aromatic hydroxyl groups is 1. The van der Waals surface area contributed by atoms with Crippen molar-refractivity contribution in [3.05, 3.63) is 60.3 Å². The zero-order chi connectivity index (χ0) is 13.1. The first-order valence-corrected chi connectivity index (χ1v) is 6.05. The number of benzene rings is 2. The minimum absolute atomic E-state index is 0.269. The first-order chi connectivity index (χ1) is 9.31. The lowest BCUT2D eigenvalue weighted by atomic mass is 10.2. The molecule has 0 unspecified atom stereocenters. The molecule has 0 aliphatic rings. The van der Waals surface area contributed by atoms with Crippen LogP contribution < -0.4 is 5.32 Å². The van der Waals surface area contributed by atoms with Crippen molar-refractivity contribution >= 4 is 16.9 Å². The van der Waals surface area contributed by atoms with Gasteiger partial charge in [-0.15, -0.1) is 0 Å². The Labute approximate surface area is 110 Å². The summed E-state index contributed by atoms with van der Waals surface area (Å²) in [5.41, 5.74) is 1.99. The molecular weight excluding hydrogens is 238 g/mol. The summed E-state index contributed by atoms with van der Waals surface area (Å²) in [7, 11) is 0. The highest BCUT2D eigenvalue weighted by atomic mass is 16.3. The second kappa shape index (κ2) is 4.94. The Morgan fingerprint density at radius 3 is 2.63 bits per heavy atom. The van der Waals surface area contributed by atoms with Gasteiger partial charge in [0.15, 0.2) is 0 Å². The lowest BCUT2D eigenvalue weighted by Gasteiger charge is -2.05. The first-order valence-electron chi connectivity index (χ1n) is 6.05. The van der Waals surface area contributed by atoms with Crippen LogP contribution in [-0.2, 0) is 6.54 Å². The number of para-hydroxylation sites is 1. The number of fused-ring (bicyclic) bond motifs is 1. The van der Waals surface area contributed by atoms with Gasteiger partial charge in [0.1, 0.15) is 5.75 Å². The van der Waals surface area contributed by atoms with Crippen molar-refractivity contribution in [2.24, 2.45) is 0 Å². The van der Waals surface area contributed by atoms with Crippen molar-refractivity contribution in [1.82, 2.24) is 9.97 Å². The van der Waals surface area contributed by atoms with Gasteiger partial charge in [0.05, 0.1) is 5.52 Å². The van der Waals surface area contributed by atoms with Crippen molar-refractivity contribution in [3.8, 4) is 5.75 Å². The number of rotatable bonds is 3. The van der Waals surface area contributed by atoms with Gasteiger partial charge in [-0.1, -0.05) is 30.3 Å². The Morgan fingerprint density at radius 1 is 1.00 bits per heavy atom. The molecule has 0 atom stereocenters. The predicted octanol–water partition coefficient (Wildman–Crippen LogP) is 2.95. The third kappa shape index (κ3) is 2.63. The number of nitrogens with zero attached hydrogens (tertiary/aromatic N) is 2. The van der Waals surface area contributed by atoms with E-state index in [9.17, 15) is 5.11 Å². The van der Waals surface area contributed by atoms with Gasteiger partial charge in [-0.2, -0.15) is 0 Å². The first kappa shape index (κ1) is 11.5. The molecule has 1 heterocycles. The third-order valence-corrected chi connectivity index (χ3v) is 2.88. The SMILES string of the molecule is Oc1ccc(CNc2ncc3ccccc3n2)cc1. The van der Waals surface area contributed by atoms with Crippen LogP contribution in [0.25, 0.3) is 10.9 Å². The van der Waals surface area contributed by atoms with Gasteiger partial charge in [-0.05, 0) is 23.8 Å². The summed E-state index contributed by atoms with van der Waals surface area (Å²) in [6.07, 6.45) is 1.81. The number of phenolic OH excluding ortho intramolecular Hbond substituents is 1. The van der Waals surface area contributed by atoms with Gasteiger partial charge in [0, 0.05) is 18.1 Å². The highest BCUT2D eigenvalue weighted by Crippen LogP contribution is 2.13. The molecule has 0 fully saturated rings. The molecule has 0 radical (unpaired) electrons. The van der Waals surface area contributed by atoms with Crippen molar-refractivity contribution < 1.29 is 5.11 Å². The summed E-state index contributed by atoms with van der Waals surface area (Å²) in [5, 5.41) is 13.4. The average Bonchev–Trinajstić information content (AvgIpc) is 2.46. The summed E-state index contributed by atoms with van der Waals surface area (Å²) in [6, 6.07) is 14.9. The number of phenols is 1. The van der Waals surface area contributed by atoms with E-state index in [0.29, 0.717) is 12.5 Å². The summed E-state index contributed by atoms with van der Waals surface area (Å²) < 4.78 is 0. The molecule has 0 amide bonds. The smallest absolute Gasteiger partial charge is 0.223 e. The fourth-order valence-electron chi connectivity index (χ4n) is 1.85. The van der Waals surface area contributed by atoms with Crippen LogP contribution in [0, 0.1) is 0 Å². The highest BCUT2D eigenvalue weighted by molar-refractivity contribution is 5.78. The fourth-order valence-corrected chi connectivity index (χ4v) is 1.85. The van der Waals surface area contributed by atoms with Crippen LogP contribution in [0.15, 0.2) is 54.7 Å². The maximum Gasteiger partial charge on any atom is 0.223 e. The Hall–Kier alpha value is -2.62. The van der Waals surface area contributed by atoms with E-state index in [0.717, 1.165) is 16.5 Å². The number of aromatic nitrogens is 2. The molecule has 4 heteroatoms. The monoisotopic (exact) mass is 251 g/mol. The molecule has 0 saturated carbocycles. The van der Waals surface area contributed by atoms with Gasteiger partial charge in [-0.3, -0.25) is 0 Å². The molecule has 0 spiro atoms. The molecule has 2 aromatic carbocycles. The van der Waals surface area contributed by atoms with E-state index < -0.39 is 0 Å². The topological polar surface area (TPSA) is 58.0 Å². The molecule has 0 bridgehead atoms. The Bertz CT molecular complexity index is 695. The van der Waals surface area contributed by atoms with Crippen LogP contribution in [0.1, 0.15) is 5.56 Å². The van der Waals surface area contributed by atoms with E-state index in [-0.39, 0.29) is 5.75 Å². The Morgan fingerprint density at radius 2 is 1.79 bits per heavy atom. The van der Waals surface area contributed by atoms with E-state index in [2.05, 4.69) is 15.3 Å². The minimum atomic E-state index is 0.269. The largest absolute Gasteiger partial charge is 0.508 e. The van der Waals surface area contributed by atoms with Crippen LogP contribution in [0.2, 0.25) is 0 Å². The van der Waals surface area contributed by atoms with Crippen LogP contribution in [0.3, 0.4) is 0 Å². The van der Waals surface area contributed by atoms with Gasteiger partial charge in [-0.25, -0.2) is 9.97 Å². The Kier molecular flexibility index (Phi) is 2.98. The molecule has 1 aromatic heterocycles. The van der Waals surface area contributed by atoms with E-state index in [4.69, 9.17) is 0 Å². The molecule has 0 aliphatic carbocycles. The van der Waals surface area contributed by atoms with E-state index in [1.165, 1.54) is 0 Å². The summed E-state index contributed by atoms with van der Waals surface area (Å²) >= 11 is 0. The number of hydrogen-bond donors (Lipinski definition) is 2. The molecule has 2 N–H and O–H groups in total. The zero-order valence-corrected chi connectivity index (χ0v) is 10.2. The predicted molar refractivity (Wildman–Crippen MR) is 75.0 cm³/mol. The second-order valence-electron chi connectivity index (χ2n) is 4.27. The van der Waals surface area contributed by atoms with Crippen LogP contribution in [0.4, 0.5) is 5.95 Å². The summed E-state index contributed by atoms with van der Waals surface area (Å²) in [5.74, 6) is 0.873. The molecular formula is C15H13N3O. The third-order valence-electron chi connectivity index (χ3n) is 2.88. The van der Waals surface area contributed by atoms with Crippen molar-refractivity contribution in [3.63, 3.8) is 0 Å². The minimum Gasteiger partial charge on any atom is -0.508 e. The Balaban J connectivity index is 1.76. The average molecular weight is 251 g/mol. The van der Waals surface area contributed by atoms with Gasteiger partial charge in [0.2, 0.25) is 5.95 Å². The quantitative estimate of drug-likeness (QED) is 0.751. The maximum atomic E-state index is 9.22. The van der Waals surface area contributed by atoms with E-state index in [1.807, 2.05) is 42.6 Å². The van der Waals surface area contributed by atoms with Crippen LogP contribution in [0.5, 0.6) is 5.75 Å². The molecule has 94 valence electrons. The van der Waals surface area contributed by atoms with E-state index in [1.54, 1.807) is 12.1 Å². The lowest BCUT2D eigenvalue weighted by Crippen LogP contribution is -2.03. The van der Waals surface area contributed by atoms with E-state index >= 15 is 0 Å². The van der Waals surface area contributed by atoms with Gasteiger partial charge >= 0.3 is 0 Å². The molecule has 0 aliphatic heterocycles. The standard InChI is InChI=1S/C15H13N3O/c19-13-7-5-11(6-8-13)9-16-15-17-10-12-3-1-2-4-14(12)18-15/h1-8,10,19H,9H2,(H,16,17,18). The van der Waals surface area contributed by atoms with Crippen LogP contribution >= 0.6 is 0 Å². The molecule has 19 heavy (non-hydrogen) atoms. The lowest BCUT2D eigenvalue weighted by molar-refractivity contribution is 0.475. The normalized spacial score (nSPS) is 10.5. The number of hydrogen-bond acceptors (Lipinski definition) is 4. The maximum absolute atomic E-state index is 9.22. The molecule has 3 aromatic rings. The summed E-state index contributed by atoms with van der Waals surface area (Å²) in [4.78, 5) is 8.70. The van der Waals surface area contributed by atoms with Crippen LogP contribution in [-0.4, -0.2) is 15.1 Å². The summed E-state index contributed by atoms with van der Waals surface area (Å²) in [6.45, 7) is 0.624. The van der Waals surface area contributed by atoms with Crippen molar-refractivity contribution in [1.29, 1.82) is 0 Å². The van der Waals surface area contributed by atoms with Crippen molar-refractivity contribution in [2.45, 2.75) is 6.54 Å². The van der Waals surface area contributed by atoms with Gasteiger partial charge in [0.25, 0.3) is 0 Å². The number of nitrogens with one attached hydrogen (secondary N) is 1. The second-order valence-corrected chi connectivity index (χ2v) is 4.27. The molecule has 4 nitrogen and oxygen atoms in total. The zero-order valence-electron chi connectivity index (χ0n) is 10.2. The molecule has 3 rings (SSSR count).